The van der Waals surface area contributed by atoms with Crippen LogP contribution in [0.5, 0.6) is 5.75 Å². The number of hydrogen-bond donors (Lipinski definition) is 4. The zero-order valence-corrected chi connectivity index (χ0v) is 17.5. The maximum absolute atomic E-state index is 5.43. The van der Waals surface area contributed by atoms with Gasteiger partial charge < -0.3 is 25.3 Å². The third-order valence-electron chi connectivity index (χ3n) is 5.34. The maximum atomic E-state index is 5.43. The zero-order chi connectivity index (χ0) is 21.2. The van der Waals surface area contributed by atoms with E-state index in [1.807, 2.05) is 30.5 Å². The molecule has 31 heavy (non-hydrogen) atoms. The van der Waals surface area contributed by atoms with Gasteiger partial charge in [0.2, 0.25) is 5.95 Å². The first kappa shape index (κ1) is 19.0. The minimum absolute atomic E-state index is 0.598. The number of nitrogens with one attached hydrogen (secondary N) is 4. The third-order valence-corrected chi connectivity index (χ3v) is 5.34. The highest BCUT2D eigenvalue weighted by atomic mass is 16.5. The molecule has 4 N–H and O–H groups in total. The molecule has 0 spiro atoms. The number of aromatic amines is 2. The molecule has 3 heterocycles. The van der Waals surface area contributed by atoms with Crippen molar-refractivity contribution in [2.24, 2.45) is 0 Å². The molecule has 5 rings (SSSR count). The lowest BCUT2D eigenvalue weighted by atomic mass is 10.1. The summed E-state index contributed by atoms with van der Waals surface area (Å²) in [5, 5.41) is 9.03. The number of aromatic nitrogens is 4. The van der Waals surface area contributed by atoms with Crippen molar-refractivity contribution in [1.29, 1.82) is 0 Å². The zero-order valence-electron chi connectivity index (χ0n) is 17.5. The molecule has 0 aliphatic rings. The van der Waals surface area contributed by atoms with Crippen LogP contribution in [-0.4, -0.2) is 33.6 Å². The molecule has 156 valence electrons. The van der Waals surface area contributed by atoms with Crippen molar-refractivity contribution < 1.29 is 4.74 Å². The van der Waals surface area contributed by atoms with Crippen LogP contribution in [-0.2, 0) is 6.42 Å². The summed E-state index contributed by atoms with van der Waals surface area (Å²) in [5.74, 6) is 2.20. The van der Waals surface area contributed by atoms with Crippen LogP contribution in [0.4, 0.5) is 17.5 Å². The van der Waals surface area contributed by atoms with Crippen LogP contribution < -0.4 is 15.4 Å². The van der Waals surface area contributed by atoms with Gasteiger partial charge in [-0.25, -0.2) is 4.98 Å². The fraction of sp³-hybridized carbons (Fsp3) is 0.167. The average molecular weight is 412 g/mol. The minimum atomic E-state index is 0.598. The number of nitrogens with zero attached hydrogens (tertiary/aromatic N) is 2. The monoisotopic (exact) mass is 412 g/mol. The van der Waals surface area contributed by atoms with Crippen molar-refractivity contribution in [3.63, 3.8) is 0 Å². The first-order valence-electron chi connectivity index (χ1n) is 10.3. The van der Waals surface area contributed by atoms with Crippen LogP contribution in [0.25, 0.3) is 21.8 Å². The lowest BCUT2D eigenvalue weighted by Crippen LogP contribution is -2.08. The van der Waals surface area contributed by atoms with E-state index in [2.05, 4.69) is 61.8 Å². The quantitative estimate of drug-likeness (QED) is 0.297. The van der Waals surface area contributed by atoms with Gasteiger partial charge in [-0.2, -0.15) is 4.98 Å². The first-order chi connectivity index (χ1) is 15.2. The largest absolute Gasteiger partial charge is 0.495 e. The fourth-order valence-electron chi connectivity index (χ4n) is 3.89. The van der Waals surface area contributed by atoms with Crippen LogP contribution in [0.1, 0.15) is 11.3 Å². The van der Waals surface area contributed by atoms with E-state index in [0.717, 1.165) is 46.9 Å². The predicted octanol–water partition coefficient (Wildman–Crippen LogP) is 5.15. The number of hydrogen-bond acceptors (Lipinski definition) is 5. The second-order valence-electron chi connectivity index (χ2n) is 7.52. The Morgan fingerprint density at radius 3 is 2.94 bits per heavy atom. The van der Waals surface area contributed by atoms with Crippen LogP contribution in [0.2, 0.25) is 0 Å². The highest BCUT2D eigenvalue weighted by Crippen LogP contribution is 2.27. The molecule has 0 aliphatic heterocycles. The Hall–Kier alpha value is -4.00. The summed E-state index contributed by atoms with van der Waals surface area (Å²) >= 11 is 0. The van der Waals surface area contributed by atoms with Gasteiger partial charge in [-0.1, -0.05) is 12.1 Å². The Morgan fingerprint density at radius 1 is 1.10 bits per heavy atom. The van der Waals surface area contributed by atoms with Crippen molar-refractivity contribution in [1.82, 2.24) is 19.9 Å². The van der Waals surface area contributed by atoms with Crippen molar-refractivity contribution in [3.8, 4) is 5.75 Å². The Labute approximate surface area is 179 Å². The van der Waals surface area contributed by atoms with Crippen LogP contribution in [0.15, 0.2) is 60.9 Å². The number of para-hydroxylation sites is 1. The second-order valence-corrected chi connectivity index (χ2v) is 7.52. The van der Waals surface area contributed by atoms with Crippen molar-refractivity contribution >= 4 is 39.3 Å². The van der Waals surface area contributed by atoms with E-state index < -0.39 is 0 Å². The number of ether oxygens (including phenoxy) is 1. The number of H-pyrrole nitrogens is 2. The molecular weight excluding hydrogens is 388 g/mol. The van der Waals surface area contributed by atoms with Crippen LogP contribution in [0, 0.1) is 6.92 Å². The molecular formula is C24H24N6O. The molecule has 0 radical (unpaired) electrons. The summed E-state index contributed by atoms with van der Waals surface area (Å²) in [6.45, 7) is 2.78. The summed E-state index contributed by atoms with van der Waals surface area (Å²) < 4.78 is 5.43. The molecule has 3 aromatic heterocycles. The molecule has 2 aromatic carbocycles. The van der Waals surface area contributed by atoms with E-state index in [-0.39, 0.29) is 0 Å². The molecule has 7 heteroatoms. The fourth-order valence-corrected chi connectivity index (χ4v) is 3.89. The van der Waals surface area contributed by atoms with Gasteiger partial charge in [0.05, 0.1) is 12.6 Å². The lowest BCUT2D eigenvalue weighted by Gasteiger charge is -2.09. The molecule has 0 atom stereocenters. The topological polar surface area (TPSA) is 90.7 Å². The minimum Gasteiger partial charge on any atom is -0.495 e. The molecule has 0 aliphatic carbocycles. The van der Waals surface area contributed by atoms with Gasteiger partial charge in [0.15, 0.2) is 0 Å². The van der Waals surface area contributed by atoms with Crippen molar-refractivity contribution in [2.75, 3.05) is 24.3 Å². The molecule has 5 aromatic rings. The summed E-state index contributed by atoms with van der Waals surface area (Å²) in [7, 11) is 1.69. The van der Waals surface area contributed by atoms with Gasteiger partial charge >= 0.3 is 0 Å². The number of benzene rings is 2. The Kier molecular flexibility index (Phi) is 4.92. The van der Waals surface area contributed by atoms with Crippen LogP contribution in [0.3, 0.4) is 0 Å². The Balaban J connectivity index is 1.25. The predicted molar refractivity (Wildman–Crippen MR) is 125 cm³/mol. The lowest BCUT2D eigenvalue weighted by molar-refractivity contribution is 0.419. The maximum Gasteiger partial charge on any atom is 0.224 e. The molecule has 0 saturated heterocycles. The molecule has 0 fully saturated rings. The van der Waals surface area contributed by atoms with Gasteiger partial charge in [-0.3, -0.25) is 0 Å². The number of rotatable bonds is 7. The van der Waals surface area contributed by atoms with E-state index in [1.54, 1.807) is 13.3 Å². The normalized spacial score (nSPS) is 11.2. The number of anilines is 3. The van der Waals surface area contributed by atoms with Crippen molar-refractivity contribution in [3.05, 3.63) is 72.2 Å². The highest BCUT2D eigenvalue weighted by Gasteiger charge is 2.08. The second kappa shape index (κ2) is 8.02. The SMILES string of the molecule is COc1cccc2c(CCNc3nccc(Nc4ccc5[nH]c(C)cc5c4)n3)c[nH]c12. The van der Waals surface area contributed by atoms with E-state index >= 15 is 0 Å². The Bertz CT molecular complexity index is 1350. The highest BCUT2D eigenvalue weighted by molar-refractivity contribution is 5.88. The summed E-state index contributed by atoms with van der Waals surface area (Å²) in [6, 6.07) is 16.3. The summed E-state index contributed by atoms with van der Waals surface area (Å²) in [5.41, 5.74) is 5.52. The number of fused-ring (bicyclic) bond motifs is 2. The standard InChI is InChI=1S/C24H24N6O/c1-15-12-17-13-18(6-7-20(17)28-15)29-22-9-11-26-24(30-22)25-10-8-16-14-27-23-19(16)4-3-5-21(23)31-2/h3-7,9,11-14,27-28H,8,10H2,1-2H3,(H2,25,26,29,30). The van der Waals surface area contributed by atoms with Crippen LogP contribution >= 0.6 is 0 Å². The molecule has 0 bridgehead atoms. The summed E-state index contributed by atoms with van der Waals surface area (Å²) in [6.07, 6.45) is 4.64. The van der Waals surface area contributed by atoms with Gasteiger partial charge in [0.25, 0.3) is 0 Å². The molecule has 7 nitrogen and oxygen atoms in total. The van der Waals surface area contributed by atoms with Gasteiger partial charge in [0.1, 0.15) is 11.6 Å². The van der Waals surface area contributed by atoms with E-state index in [9.17, 15) is 0 Å². The molecule has 0 unspecified atom stereocenters. The van der Waals surface area contributed by atoms with Crippen molar-refractivity contribution in [2.45, 2.75) is 13.3 Å². The molecule has 0 amide bonds. The van der Waals surface area contributed by atoms with Gasteiger partial charge in [-0.15, -0.1) is 0 Å². The van der Waals surface area contributed by atoms with Gasteiger partial charge in [-0.05, 0) is 55.3 Å². The average Bonchev–Trinajstić information content (AvgIpc) is 3.36. The summed E-state index contributed by atoms with van der Waals surface area (Å²) in [4.78, 5) is 15.6. The number of aryl methyl sites for hydroxylation is 1. The van der Waals surface area contributed by atoms with Gasteiger partial charge in [0, 0.05) is 46.6 Å². The number of methoxy groups -OCH3 is 1. The van der Waals surface area contributed by atoms with E-state index in [0.29, 0.717) is 5.95 Å². The first-order valence-corrected chi connectivity index (χ1v) is 10.3. The van der Waals surface area contributed by atoms with E-state index in [1.165, 1.54) is 16.3 Å². The van der Waals surface area contributed by atoms with E-state index in [4.69, 9.17) is 4.74 Å². The molecule has 0 saturated carbocycles. The Morgan fingerprint density at radius 2 is 2.03 bits per heavy atom. The smallest absolute Gasteiger partial charge is 0.224 e. The third kappa shape index (κ3) is 3.90.